The van der Waals surface area contributed by atoms with Crippen molar-refractivity contribution in [2.75, 3.05) is 18.8 Å². The third-order valence-electron chi connectivity index (χ3n) is 2.93. The molecule has 0 radical (unpaired) electrons. The molecule has 1 aliphatic rings. The number of rotatable bonds is 5. The van der Waals surface area contributed by atoms with Gasteiger partial charge in [-0.2, -0.15) is 0 Å². The normalized spacial score (nSPS) is 19.1. The maximum atomic E-state index is 11.9. The predicted molar refractivity (Wildman–Crippen MR) is 70.4 cm³/mol. The summed E-state index contributed by atoms with van der Waals surface area (Å²) in [4.78, 5) is 13.8. The fourth-order valence-electron chi connectivity index (χ4n) is 1.88. The molecule has 3 N–H and O–H groups in total. The van der Waals surface area contributed by atoms with Crippen molar-refractivity contribution in [1.82, 2.24) is 4.90 Å². The molecule has 1 aliphatic heterocycles. The molecule has 1 unspecified atom stereocenters. The number of amidine groups is 1. The van der Waals surface area contributed by atoms with Crippen LogP contribution in [0.1, 0.15) is 32.6 Å². The quantitative estimate of drug-likeness (QED) is 0.337. The van der Waals surface area contributed by atoms with E-state index >= 15 is 0 Å². The SMILES string of the molecule is CCC(SCC(=O)N1CCCCC1)C(N)=NO. The average Bonchev–Trinajstić information content (AvgIpc) is 2.39. The summed E-state index contributed by atoms with van der Waals surface area (Å²) >= 11 is 1.45. The molecular weight excluding hydrogens is 238 g/mol. The summed E-state index contributed by atoms with van der Waals surface area (Å²) in [7, 11) is 0. The van der Waals surface area contributed by atoms with Gasteiger partial charge in [-0.15, -0.1) is 11.8 Å². The topological polar surface area (TPSA) is 78.9 Å². The van der Waals surface area contributed by atoms with Gasteiger partial charge in [0, 0.05) is 13.1 Å². The lowest BCUT2D eigenvalue weighted by atomic mass is 10.1. The zero-order valence-corrected chi connectivity index (χ0v) is 11.1. The second-order valence-electron chi connectivity index (χ2n) is 4.17. The Bertz CT molecular complexity index is 278. The Hall–Kier alpha value is -0.910. The number of hydrogen-bond donors (Lipinski definition) is 2. The van der Waals surface area contributed by atoms with Crippen molar-refractivity contribution in [3.8, 4) is 0 Å². The molecule has 5 nitrogen and oxygen atoms in total. The number of carbonyl (C=O) groups excluding carboxylic acids is 1. The molecule has 1 rings (SSSR count). The summed E-state index contributed by atoms with van der Waals surface area (Å²) in [6.45, 7) is 3.71. The summed E-state index contributed by atoms with van der Waals surface area (Å²) in [5.41, 5.74) is 5.55. The number of piperidine rings is 1. The summed E-state index contributed by atoms with van der Waals surface area (Å²) < 4.78 is 0. The van der Waals surface area contributed by atoms with E-state index in [1.54, 1.807) is 0 Å². The smallest absolute Gasteiger partial charge is 0.232 e. The lowest BCUT2D eigenvalue weighted by Crippen LogP contribution is -2.37. The highest BCUT2D eigenvalue weighted by Crippen LogP contribution is 2.17. The summed E-state index contributed by atoms with van der Waals surface area (Å²) in [5.74, 6) is 0.775. The molecule has 1 amide bonds. The number of oxime groups is 1. The van der Waals surface area contributed by atoms with Gasteiger partial charge < -0.3 is 15.8 Å². The molecule has 1 heterocycles. The van der Waals surface area contributed by atoms with Gasteiger partial charge in [0.25, 0.3) is 0 Å². The van der Waals surface area contributed by atoms with E-state index in [4.69, 9.17) is 10.9 Å². The van der Waals surface area contributed by atoms with Crippen LogP contribution < -0.4 is 5.73 Å². The first-order valence-corrected chi connectivity index (χ1v) is 7.10. The van der Waals surface area contributed by atoms with E-state index in [0.717, 1.165) is 32.4 Å². The van der Waals surface area contributed by atoms with Crippen molar-refractivity contribution >= 4 is 23.5 Å². The van der Waals surface area contributed by atoms with Gasteiger partial charge in [0.1, 0.15) is 0 Å². The number of thioether (sulfide) groups is 1. The lowest BCUT2D eigenvalue weighted by Gasteiger charge is -2.27. The standard InChI is InChI=1S/C11H21N3O2S/c1-2-9(11(12)13-16)17-8-10(15)14-6-4-3-5-7-14/h9,16H,2-8H2,1H3,(H2,12,13). The highest BCUT2D eigenvalue weighted by Gasteiger charge is 2.19. The van der Waals surface area contributed by atoms with Crippen LogP contribution in [0.5, 0.6) is 0 Å². The van der Waals surface area contributed by atoms with Gasteiger partial charge in [-0.3, -0.25) is 4.79 Å². The Kier molecular flexibility index (Phi) is 6.18. The summed E-state index contributed by atoms with van der Waals surface area (Å²) in [5, 5.41) is 11.5. The molecule has 17 heavy (non-hydrogen) atoms. The fourth-order valence-corrected chi connectivity index (χ4v) is 2.86. The summed E-state index contributed by atoms with van der Waals surface area (Å²) in [6, 6.07) is 0. The molecular formula is C11H21N3O2S. The zero-order valence-electron chi connectivity index (χ0n) is 10.3. The second-order valence-corrected chi connectivity index (χ2v) is 5.37. The predicted octanol–water partition coefficient (Wildman–Crippen LogP) is 1.26. The van der Waals surface area contributed by atoms with Crippen LogP contribution in [0.4, 0.5) is 0 Å². The van der Waals surface area contributed by atoms with E-state index in [-0.39, 0.29) is 17.0 Å². The van der Waals surface area contributed by atoms with E-state index < -0.39 is 0 Å². The molecule has 1 atom stereocenters. The van der Waals surface area contributed by atoms with E-state index in [1.807, 2.05) is 11.8 Å². The molecule has 0 saturated carbocycles. The van der Waals surface area contributed by atoms with Crippen LogP contribution >= 0.6 is 11.8 Å². The molecule has 0 aromatic rings. The van der Waals surface area contributed by atoms with Gasteiger partial charge in [-0.1, -0.05) is 12.1 Å². The number of likely N-dealkylation sites (tertiary alicyclic amines) is 1. The molecule has 0 aromatic heterocycles. The average molecular weight is 259 g/mol. The van der Waals surface area contributed by atoms with Crippen LogP contribution in [0.15, 0.2) is 5.16 Å². The Morgan fingerprint density at radius 1 is 1.47 bits per heavy atom. The van der Waals surface area contributed by atoms with Crippen molar-refractivity contribution < 1.29 is 10.0 Å². The van der Waals surface area contributed by atoms with E-state index in [0.29, 0.717) is 5.75 Å². The first-order chi connectivity index (χ1) is 8.19. The van der Waals surface area contributed by atoms with Crippen LogP contribution in [-0.4, -0.2) is 45.9 Å². The molecule has 0 spiro atoms. The van der Waals surface area contributed by atoms with Crippen LogP contribution in [0.3, 0.4) is 0 Å². The van der Waals surface area contributed by atoms with Crippen molar-refractivity contribution in [2.45, 2.75) is 37.9 Å². The number of nitrogens with two attached hydrogens (primary N) is 1. The first kappa shape index (κ1) is 14.2. The van der Waals surface area contributed by atoms with Gasteiger partial charge in [0.2, 0.25) is 5.91 Å². The minimum absolute atomic E-state index is 0.0752. The van der Waals surface area contributed by atoms with E-state index in [1.165, 1.54) is 18.2 Å². The maximum absolute atomic E-state index is 11.9. The molecule has 1 saturated heterocycles. The Morgan fingerprint density at radius 3 is 2.65 bits per heavy atom. The van der Waals surface area contributed by atoms with E-state index in [9.17, 15) is 4.79 Å². The molecule has 6 heteroatoms. The zero-order chi connectivity index (χ0) is 12.7. The van der Waals surface area contributed by atoms with Crippen LogP contribution in [0, 0.1) is 0 Å². The van der Waals surface area contributed by atoms with Crippen molar-refractivity contribution in [1.29, 1.82) is 0 Å². The second kappa shape index (κ2) is 7.42. The Morgan fingerprint density at radius 2 is 2.12 bits per heavy atom. The van der Waals surface area contributed by atoms with Crippen LogP contribution in [-0.2, 0) is 4.79 Å². The first-order valence-electron chi connectivity index (χ1n) is 6.05. The molecule has 0 bridgehead atoms. The van der Waals surface area contributed by atoms with Gasteiger partial charge in [0.05, 0.1) is 11.0 Å². The van der Waals surface area contributed by atoms with Crippen molar-refractivity contribution in [3.63, 3.8) is 0 Å². The fraction of sp³-hybridized carbons (Fsp3) is 0.818. The third kappa shape index (κ3) is 4.46. The highest BCUT2D eigenvalue weighted by atomic mass is 32.2. The van der Waals surface area contributed by atoms with E-state index in [2.05, 4.69) is 5.16 Å². The largest absolute Gasteiger partial charge is 0.409 e. The van der Waals surface area contributed by atoms with Crippen LogP contribution in [0.25, 0.3) is 0 Å². The molecule has 0 aliphatic carbocycles. The van der Waals surface area contributed by atoms with Gasteiger partial charge in [-0.25, -0.2) is 0 Å². The number of nitrogens with zero attached hydrogens (tertiary/aromatic N) is 2. The highest BCUT2D eigenvalue weighted by molar-refractivity contribution is 8.01. The molecule has 0 aromatic carbocycles. The van der Waals surface area contributed by atoms with Crippen LogP contribution in [0.2, 0.25) is 0 Å². The minimum Gasteiger partial charge on any atom is -0.409 e. The minimum atomic E-state index is -0.0752. The maximum Gasteiger partial charge on any atom is 0.232 e. The Balaban J connectivity index is 2.35. The Labute approximate surface area is 106 Å². The number of amides is 1. The molecule has 1 fully saturated rings. The monoisotopic (exact) mass is 259 g/mol. The number of hydrogen-bond acceptors (Lipinski definition) is 4. The number of carbonyl (C=O) groups is 1. The van der Waals surface area contributed by atoms with Crippen molar-refractivity contribution in [2.24, 2.45) is 10.9 Å². The van der Waals surface area contributed by atoms with Gasteiger partial charge in [-0.05, 0) is 25.7 Å². The molecule has 98 valence electrons. The summed E-state index contributed by atoms with van der Waals surface area (Å²) in [6.07, 6.45) is 4.19. The lowest BCUT2D eigenvalue weighted by molar-refractivity contribution is -0.129. The van der Waals surface area contributed by atoms with Gasteiger partial charge >= 0.3 is 0 Å². The van der Waals surface area contributed by atoms with Gasteiger partial charge in [0.15, 0.2) is 5.84 Å². The van der Waals surface area contributed by atoms with Crippen molar-refractivity contribution in [3.05, 3.63) is 0 Å². The third-order valence-corrected chi connectivity index (χ3v) is 4.32.